The molecule has 0 atom stereocenters. The highest BCUT2D eigenvalue weighted by Crippen LogP contribution is 2.30. The fourth-order valence-corrected chi connectivity index (χ4v) is 3.86. The Labute approximate surface area is 154 Å². The van der Waals surface area contributed by atoms with Crippen LogP contribution in [0.5, 0.6) is 11.5 Å². The van der Waals surface area contributed by atoms with E-state index in [4.69, 9.17) is 9.47 Å². The van der Waals surface area contributed by atoms with Gasteiger partial charge >= 0.3 is 5.97 Å². The molecule has 0 saturated heterocycles. The molecule has 0 aliphatic rings. The van der Waals surface area contributed by atoms with E-state index in [2.05, 4.69) is 25.4 Å². The molecule has 9 heteroatoms. The van der Waals surface area contributed by atoms with Crippen molar-refractivity contribution in [3.63, 3.8) is 0 Å². The number of hydrogen-bond donors (Lipinski definition) is 1. The molecule has 0 aliphatic heterocycles. The molecule has 134 valence electrons. The fourth-order valence-electron chi connectivity index (χ4n) is 2.10. The highest BCUT2D eigenvalue weighted by molar-refractivity contribution is 9.10. The van der Waals surface area contributed by atoms with Gasteiger partial charge in [-0.05, 0) is 30.3 Å². The molecule has 0 heterocycles. The maximum atomic E-state index is 12.7. The van der Waals surface area contributed by atoms with E-state index in [1.807, 2.05) is 0 Å². The van der Waals surface area contributed by atoms with E-state index in [9.17, 15) is 13.2 Å². The Morgan fingerprint density at radius 2 is 1.68 bits per heavy atom. The Morgan fingerprint density at radius 3 is 2.28 bits per heavy atom. The summed E-state index contributed by atoms with van der Waals surface area (Å²) >= 11 is 3.24. The van der Waals surface area contributed by atoms with Crippen molar-refractivity contribution in [2.75, 3.05) is 26.1 Å². The Balaban J connectivity index is 2.42. The van der Waals surface area contributed by atoms with Crippen LogP contribution >= 0.6 is 15.9 Å². The van der Waals surface area contributed by atoms with Crippen molar-refractivity contribution in [2.45, 2.75) is 4.90 Å². The molecule has 0 amide bonds. The third kappa shape index (κ3) is 4.23. The zero-order valence-corrected chi connectivity index (χ0v) is 16.1. The van der Waals surface area contributed by atoms with E-state index < -0.39 is 16.0 Å². The van der Waals surface area contributed by atoms with Crippen LogP contribution in [0.4, 0.5) is 5.69 Å². The normalized spacial score (nSPS) is 10.9. The quantitative estimate of drug-likeness (QED) is 0.709. The molecule has 1 N–H and O–H groups in total. The Bertz CT molecular complexity index is 897. The second-order valence-corrected chi connectivity index (χ2v) is 7.37. The number of esters is 1. The van der Waals surface area contributed by atoms with Crippen LogP contribution in [0.3, 0.4) is 0 Å². The molecule has 2 rings (SSSR count). The first kappa shape index (κ1) is 19.1. The predicted octanol–water partition coefficient (Wildman–Crippen LogP) is 3.05. The van der Waals surface area contributed by atoms with Gasteiger partial charge < -0.3 is 14.2 Å². The van der Waals surface area contributed by atoms with Gasteiger partial charge in [0.2, 0.25) is 0 Å². The van der Waals surface area contributed by atoms with Gasteiger partial charge in [-0.2, -0.15) is 0 Å². The standard InChI is InChI=1S/C16H16BrNO6S/c1-22-13-7-4-10(17)8-15(13)25(20,21)18-11-5-6-12(16(19)24-3)14(9-11)23-2/h4-9,18H,1-3H3. The third-order valence-corrected chi connectivity index (χ3v) is 5.17. The fraction of sp³-hybridized carbons (Fsp3) is 0.188. The molecular formula is C16H16BrNO6S. The first-order valence-electron chi connectivity index (χ1n) is 6.95. The molecule has 0 aliphatic carbocycles. The number of nitrogens with one attached hydrogen (secondary N) is 1. The molecular weight excluding hydrogens is 414 g/mol. The first-order valence-corrected chi connectivity index (χ1v) is 9.22. The number of hydrogen-bond acceptors (Lipinski definition) is 6. The van der Waals surface area contributed by atoms with Crippen LogP contribution in [-0.4, -0.2) is 35.7 Å². The first-order chi connectivity index (χ1) is 11.8. The van der Waals surface area contributed by atoms with E-state index in [0.717, 1.165) is 0 Å². The van der Waals surface area contributed by atoms with Crippen LogP contribution in [0.2, 0.25) is 0 Å². The van der Waals surface area contributed by atoms with Crippen LogP contribution < -0.4 is 14.2 Å². The molecule has 7 nitrogen and oxygen atoms in total. The largest absolute Gasteiger partial charge is 0.496 e. The Morgan fingerprint density at radius 1 is 1.00 bits per heavy atom. The summed E-state index contributed by atoms with van der Waals surface area (Å²) in [5, 5.41) is 0. The summed E-state index contributed by atoms with van der Waals surface area (Å²) in [5.41, 5.74) is 0.416. The maximum absolute atomic E-state index is 12.7. The Kier molecular flexibility index (Phi) is 5.91. The number of halogens is 1. The van der Waals surface area contributed by atoms with Gasteiger partial charge in [-0.15, -0.1) is 0 Å². The van der Waals surface area contributed by atoms with Crippen LogP contribution in [0.1, 0.15) is 10.4 Å². The predicted molar refractivity (Wildman–Crippen MR) is 95.8 cm³/mol. The SMILES string of the molecule is COC(=O)c1ccc(NS(=O)(=O)c2cc(Br)ccc2OC)cc1OC. The average Bonchev–Trinajstić information content (AvgIpc) is 2.60. The third-order valence-electron chi connectivity index (χ3n) is 3.27. The number of benzene rings is 2. The van der Waals surface area contributed by atoms with Crippen molar-refractivity contribution in [3.8, 4) is 11.5 Å². The van der Waals surface area contributed by atoms with Crippen LogP contribution in [0.25, 0.3) is 0 Å². The van der Waals surface area contributed by atoms with Crippen molar-refractivity contribution in [1.82, 2.24) is 0 Å². The van der Waals surface area contributed by atoms with E-state index in [1.165, 1.54) is 45.6 Å². The maximum Gasteiger partial charge on any atom is 0.341 e. The molecule has 2 aromatic rings. The van der Waals surface area contributed by atoms with Crippen molar-refractivity contribution in [1.29, 1.82) is 0 Å². The van der Waals surface area contributed by atoms with Gasteiger partial charge in [0.1, 0.15) is 22.0 Å². The monoisotopic (exact) mass is 429 g/mol. The van der Waals surface area contributed by atoms with Gasteiger partial charge in [0, 0.05) is 10.5 Å². The van der Waals surface area contributed by atoms with Gasteiger partial charge in [-0.1, -0.05) is 15.9 Å². The summed E-state index contributed by atoms with van der Waals surface area (Å²) in [6, 6.07) is 8.90. The number of methoxy groups -OCH3 is 3. The lowest BCUT2D eigenvalue weighted by atomic mass is 10.2. The summed E-state index contributed by atoms with van der Waals surface area (Å²) in [7, 11) is 0.0868. The highest BCUT2D eigenvalue weighted by atomic mass is 79.9. The van der Waals surface area contributed by atoms with Crippen molar-refractivity contribution in [2.24, 2.45) is 0 Å². The Hall–Kier alpha value is -2.26. The topological polar surface area (TPSA) is 90.9 Å². The second-order valence-electron chi connectivity index (χ2n) is 4.81. The van der Waals surface area contributed by atoms with Gasteiger partial charge in [0.05, 0.1) is 27.0 Å². The summed E-state index contributed by atoms with van der Waals surface area (Å²) in [6.45, 7) is 0. The van der Waals surface area contributed by atoms with E-state index in [1.54, 1.807) is 12.1 Å². The van der Waals surface area contributed by atoms with E-state index in [0.29, 0.717) is 4.47 Å². The number of sulfonamides is 1. The zero-order valence-electron chi connectivity index (χ0n) is 13.7. The number of rotatable bonds is 6. The average molecular weight is 430 g/mol. The smallest absolute Gasteiger partial charge is 0.341 e. The highest BCUT2D eigenvalue weighted by Gasteiger charge is 2.21. The van der Waals surface area contributed by atoms with Gasteiger partial charge in [0.15, 0.2) is 0 Å². The van der Waals surface area contributed by atoms with Crippen molar-refractivity contribution in [3.05, 3.63) is 46.4 Å². The molecule has 0 radical (unpaired) electrons. The minimum Gasteiger partial charge on any atom is -0.496 e. The van der Waals surface area contributed by atoms with E-state index >= 15 is 0 Å². The lowest BCUT2D eigenvalue weighted by Gasteiger charge is -2.13. The molecule has 0 aromatic heterocycles. The minimum atomic E-state index is -3.92. The summed E-state index contributed by atoms with van der Waals surface area (Å²) < 4.78 is 43.2. The number of carbonyl (C=O) groups is 1. The van der Waals surface area contributed by atoms with Gasteiger partial charge in [0.25, 0.3) is 10.0 Å². The second kappa shape index (κ2) is 7.75. The molecule has 0 spiro atoms. The summed E-state index contributed by atoms with van der Waals surface area (Å²) in [6.07, 6.45) is 0. The summed E-state index contributed by atoms with van der Waals surface area (Å²) in [5.74, 6) is -0.193. The molecule has 25 heavy (non-hydrogen) atoms. The van der Waals surface area contributed by atoms with E-state index in [-0.39, 0.29) is 27.6 Å². The summed E-state index contributed by atoms with van der Waals surface area (Å²) in [4.78, 5) is 11.6. The van der Waals surface area contributed by atoms with Crippen LogP contribution in [-0.2, 0) is 14.8 Å². The van der Waals surface area contributed by atoms with Crippen molar-refractivity contribution < 1.29 is 27.4 Å². The zero-order chi connectivity index (χ0) is 18.6. The minimum absolute atomic E-state index is 0.0274. The number of ether oxygens (including phenoxy) is 3. The number of anilines is 1. The molecule has 2 aromatic carbocycles. The van der Waals surface area contributed by atoms with Gasteiger partial charge in [-0.25, -0.2) is 13.2 Å². The van der Waals surface area contributed by atoms with Crippen LogP contribution in [0.15, 0.2) is 45.8 Å². The van der Waals surface area contributed by atoms with Crippen LogP contribution in [0, 0.1) is 0 Å². The molecule has 0 bridgehead atoms. The molecule has 0 unspecified atom stereocenters. The number of carbonyl (C=O) groups excluding carboxylic acids is 1. The van der Waals surface area contributed by atoms with Crippen molar-refractivity contribution >= 4 is 37.6 Å². The van der Waals surface area contributed by atoms with Gasteiger partial charge in [-0.3, -0.25) is 4.72 Å². The molecule has 0 saturated carbocycles. The molecule has 0 fully saturated rings. The lowest BCUT2D eigenvalue weighted by molar-refractivity contribution is 0.0597. The lowest BCUT2D eigenvalue weighted by Crippen LogP contribution is -2.14.